The minimum absolute atomic E-state index is 0.0184. The van der Waals surface area contributed by atoms with Gasteiger partial charge >= 0.3 is 0 Å². The van der Waals surface area contributed by atoms with Crippen LogP contribution in [-0.4, -0.2) is 12.5 Å². The van der Waals surface area contributed by atoms with Crippen LogP contribution in [0.5, 0.6) is 0 Å². The van der Waals surface area contributed by atoms with E-state index in [9.17, 15) is 4.79 Å². The Morgan fingerprint density at radius 3 is 2.57 bits per heavy atom. The standard InChI is InChI=1S/C16H16ClIN2O/c1-11(14-4-2-3-5-15(14)17)19-10-16(21)20-13-8-6-12(18)7-9-13/h2-9,11,19H,10H2,1H3,(H,20,21)/p+1/t11-/m1/s1. The third-order valence-electron chi connectivity index (χ3n) is 3.18. The van der Waals surface area contributed by atoms with Gasteiger partial charge in [-0.15, -0.1) is 0 Å². The normalized spacial score (nSPS) is 12.0. The van der Waals surface area contributed by atoms with Gasteiger partial charge in [0.2, 0.25) is 0 Å². The molecule has 2 aromatic rings. The van der Waals surface area contributed by atoms with Crippen molar-refractivity contribution in [1.29, 1.82) is 0 Å². The molecule has 1 atom stereocenters. The van der Waals surface area contributed by atoms with Crippen LogP contribution in [0, 0.1) is 3.57 Å². The summed E-state index contributed by atoms with van der Waals surface area (Å²) in [5.74, 6) is -0.0184. The Hall–Kier alpha value is -1.11. The van der Waals surface area contributed by atoms with Crippen LogP contribution in [0.25, 0.3) is 0 Å². The van der Waals surface area contributed by atoms with Gasteiger partial charge in [-0.05, 0) is 59.8 Å². The maximum Gasteiger partial charge on any atom is 0.279 e. The minimum atomic E-state index is -0.0184. The van der Waals surface area contributed by atoms with Gasteiger partial charge in [0, 0.05) is 19.8 Å². The highest BCUT2D eigenvalue weighted by Crippen LogP contribution is 2.19. The largest absolute Gasteiger partial charge is 0.332 e. The van der Waals surface area contributed by atoms with E-state index >= 15 is 0 Å². The molecule has 0 saturated heterocycles. The molecule has 0 radical (unpaired) electrons. The number of carbonyl (C=O) groups excluding carboxylic acids is 1. The average Bonchev–Trinajstić information content (AvgIpc) is 2.48. The zero-order valence-corrected chi connectivity index (χ0v) is 14.6. The zero-order valence-electron chi connectivity index (χ0n) is 11.6. The second kappa shape index (κ2) is 7.77. The predicted octanol–water partition coefficient (Wildman–Crippen LogP) is 3.21. The van der Waals surface area contributed by atoms with Crippen molar-refractivity contribution in [2.45, 2.75) is 13.0 Å². The monoisotopic (exact) mass is 415 g/mol. The molecule has 0 spiro atoms. The summed E-state index contributed by atoms with van der Waals surface area (Å²) in [6.07, 6.45) is 0. The van der Waals surface area contributed by atoms with Crippen LogP contribution < -0.4 is 10.6 Å². The first-order chi connectivity index (χ1) is 10.1. The van der Waals surface area contributed by atoms with E-state index in [1.165, 1.54) is 0 Å². The van der Waals surface area contributed by atoms with Crippen molar-refractivity contribution >= 4 is 45.8 Å². The van der Waals surface area contributed by atoms with E-state index in [2.05, 4.69) is 27.9 Å². The van der Waals surface area contributed by atoms with E-state index in [1.54, 1.807) is 0 Å². The minimum Gasteiger partial charge on any atom is -0.332 e. The van der Waals surface area contributed by atoms with Crippen LogP contribution >= 0.6 is 34.2 Å². The van der Waals surface area contributed by atoms with Crippen molar-refractivity contribution in [2.75, 3.05) is 11.9 Å². The Kier molecular flexibility index (Phi) is 6.02. The SMILES string of the molecule is C[C@@H]([NH2+]CC(=O)Nc1ccc(I)cc1)c1ccccc1Cl. The lowest BCUT2D eigenvalue weighted by Crippen LogP contribution is -2.86. The maximum atomic E-state index is 11.9. The number of anilines is 1. The van der Waals surface area contributed by atoms with Crippen LogP contribution in [0.3, 0.4) is 0 Å². The zero-order chi connectivity index (χ0) is 15.2. The van der Waals surface area contributed by atoms with E-state index < -0.39 is 0 Å². The van der Waals surface area contributed by atoms with Gasteiger partial charge in [0.1, 0.15) is 6.04 Å². The van der Waals surface area contributed by atoms with Crippen molar-refractivity contribution in [3.05, 3.63) is 62.7 Å². The van der Waals surface area contributed by atoms with E-state index in [0.29, 0.717) is 6.54 Å². The summed E-state index contributed by atoms with van der Waals surface area (Å²) in [7, 11) is 0. The second-order valence-electron chi connectivity index (χ2n) is 4.81. The smallest absolute Gasteiger partial charge is 0.279 e. The van der Waals surface area contributed by atoms with Gasteiger partial charge in [0.15, 0.2) is 6.54 Å². The first-order valence-corrected chi connectivity index (χ1v) is 8.15. The fraction of sp³-hybridized carbons (Fsp3) is 0.188. The number of rotatable bonds is 5. The number of halogens is 2. The summed E-state index contributed by atoms with van der Waals surface area (Å²) < 4.78 is 1.14. The van der Waals surface area contributed by atoms with Gasteiger partial charge in [-0.2, -0.15) is 0 Å². The van der Waals surface area contributed by atoms with Gasteiger partial charge in [-0.25, -0.2) is 0 Å². The van der Waals surface area contributed by atoms with Crippen molar-refractivity contribution in [3.8, 4) is 0 Å². The Morgan fingerprint density at radius 2 is 1.90 bits per heavy atom. The van der Waals surface area contributed by atoms with Gasteiger partial charge in [0.25, 0.3) is 5.91 Å². The molecule has 0 fully saturated rings. The summed E-state index contributed by atoms with van der Waals surface area (Å²) in [5.41, 5.74) is 1.86. The van der Waals surface area contributed by atoms with Crippen molar-refractivity contribution in [1.82, 2.24) is 0 Å². The molecule has 0 saturated carbocycles. The van der Waals surface area contributed by atoms with E-state index in [1.807, 2.05) is 60.8 Å². The Morgan fingerprint density at radius 1 is 1.24 bits per heavy atom. The van der Waals surface area contributed by atoms with E-state index in [4.69, 9.17) is 11.6 Å². The number of carbonyl (C=O) groups is 1. The van der Waals surface area contributed by atoms with Crippen molar-refractivity contribution < 1.29 is 10.1 Å². The molecule has 2 aromatic carbocycles. The fourth-order valence-corrected chi connectivity index (χ4v) is 2.67. The Balaban J connectivity index is 1.86. The first-order valence-electron chi connectivity index (χ1n) is 6.69. The molecule has 0 aromatic heterocycles. The summed E-state index contributed by atoms with van der Waals surface area (Å²) in [6.45, 7) is 2.40. The lowest BCUT2D eigenvalue weighted by Gasteiger charge is -2.12. The molecule has 110 valence electrons. The maximum absolute atomic E-state index is 11.9. The first kappa shape index (κ1) is 16.3. The molecule has 0 aliphatic heterocycles. The number of amides is 1. The highest BCUT2D eigenvalue weighted by Gasteiger charge is 2.14. The number of benzene rings is 2. The number of nitrogens with two attached hydrogens (primary N) is 1. The van der Waals surface area contributed by atoms with Crippen LogP contribution in [0.4, 0.5) is 5.69 Å². The number of hydrogen-bond donors (Lipinski definition) is 2. The summed E-state index contributed by atoms with van der Waals surface area (Å²) in [4.78, 5) is 11.9. The molecule has 3 N–H and O–H groups in total. The number of nitrogens with one attached hydrogen (secondary N) is 1. The number of hydrogen-bond acceptors (Lipinski definition) is 1. The Bertz CT molecular complexity index is 616. The highest BCUT2D eigenvalue weighted by molar-refractivity contribution is 14.1. The highest BCUT2D eigenvalue weighted by atomic mass is 127. The molecule has 0 aliphatic carbocycles. The van der Waals surface area contributed by atoms with Crippen molar-refractivity contribution in [3.63, 3.8) is 0 Å². The third-order valence-corrected chi connectivity index (χ3v) is 4.24. The van der Waals surface area contributed by atoms with Gasteiger partial charge in [-0.1, -0.05) is 29.8 Å². The second-order valence-corrected chi connectivity index (χ2v) is 6.46. The molecule has 3 nitrogen and oxygen atoms in total. The molecule has 2 rings (SSSR count). The Labute approximate surface area is 143 Å². The van der Waals surface area contributed by atoms with Gasteiger partial charge < -0.3 is 10.6 Å². The molecule has 0 aliphatic rings. The molecule has 0 unspecified atom stereocenters. The summed E-state index contributed by atoms with van der Waals surface area (Å²) >= 11 is 8.39. The summed E-state index contributed by atoms with van der Waals surface area (Å²) in [5, 5.41) is 5.59. The quantitative estimate of drug-likeness (QED) is 0.724. The lowest BCUT2D eigenvalue weighted by atomic mass is 10.1. The number of quaternary nitrogens is 1. The molecular formula is C16H17ClIN2O+. The predicted molar refractivity (Wildman–Crippen MR) is 94.4 cm³/mol. The summed E-state index contributed by atoms with van der Waals surface area (Å²) in [6, 6.07) is 15.6. The van der Waals surface area contributed by atoms with Crippen LogP contribution in [-0.2, 0) is 4.79 Å². The van der Waals surface area contributed by atoms with Crippen LogP contribution in [0.15, 0.2) is 48.5 Å². The molecule has 0 bridgehead atoms. The van der Waals surface area contributed by atoms with Crippen LogP contribution in [0.1, 0.15) is 18.5 Å². The van der Waals surface area contributed by atoms with E-state index in [-0.39, 0.29) is 11.9 Å². The van der Waals surface area contributed by atoms with Gasteiger partial charge in [0.05, 0.1) is 0 Å². The topological polar surface area (TPSA) is 45.7 Å². The molecule has 5 heteroatoms. The fourth-order valence-electron chi connectivity index (χ4n) is 2.00. The molecule has 1 amide bonds. The van der Waals surface area contributed by atoms with Crippen LogP contribution in [0.2, 0.25) is 5.02 Å². The van der Waals surface area contributed by atoms with E-state index in [0.717, 1.165) is 19.8 Å². The average molecular weight is 416 g/mol. The molecular weight excluding hydrogens is 399 g/mol. The molecule has 0 heterocycles. The van der Waals surface area contributed by atoms with Gasteiger partial charge in [-0.3, -0.25) is 4.79 Å². The lowest BCUT2D eigenvalue weighted by molar-refractivity contribution is -0.682. The van der Waals surface area contributed by atoms with Crippen molar-refractivity contribution in [2.24, 2.45) is 0 Å². The third kappa shape index (κ3) is 4.98. The molecule has 21 heavy (non-hydrogen) atoms.